The number of aliphatic hydroxyl groups excluding tert-OH is 4. The van der Waals surface area contributed by atoms with E-state index < -0.39 is 55.4 Å². The van der Waals surface area contributed by atoms with E-state index in [9.17, 15) is 30.0 Å². The van der Waals surface area contributed by atoms with Gasteiger partial charge in [0.05, 0.1) is 13.2 Å². The number of rotatable bonds is 39. The number of ether oxygens (including phenoxy) is 4. The van der Waals surface area contributed by atoms with Crippen LogP contribution in [0.1, 0.15) is 181 Å². The summed E-state index contributed by atoms with van der Waals surface area (Å²) in [7, 11) is 0. The molecule has 0 amide bonds. The second-order valence-corrected chi connectivity index (χ2v) is 16.2. The van der Waals surface area contributed by atoms with Gasteiger partial charge in [0, 0.05) is 12.8 Å². The molecule has 0 aromatic heterocycles. The van der Waals surface area contributed by atoms with Crippen molar-refractivity contribution in [2.75, 3.05) is 19.8 Å². The topological polar surface area (TPSA) is 152 Å². The lowest BCUT2D eigenvalue weighted by Gasteiger charge is -2.39. The van der Waals surface area contributed by atoms with Crippen LogP contribution in [0.25, 0.3) is 0 Å². The van der Waals surface area contributed by atoms with E-state index in [1.54, 1.807) is 0 Å². The maximum Gasteiger partial charge on any atom is 0.306 e. The van der Waals surface area contributed by atoms with Crippen molar-refractivity contribution in [1.82, 2.24) is 0 Å². The Kier molecular flexibility index (Phi) is 37.9. The lowest BCUT2D eigenvalue weighted by molar-refractivity contribution is -0.305. The van der Waals surface area contributed by atoms with Crippen molar-refractivity contribution in [2.45, 2.75) is 218 Å². The predicted octanol–water partition coefficient (Wildman–Crippen LogP) is 10.8. The standard InChI is InChI=1S/C51H86O10/c1-3-5-7-9-11-13-15-17-19-21-22-24-25-27-29-31-33-35-37-39-46(53)58-42-44(43-59-51-50(57)49(56)48(55)45(41-52)61-51)60-47(54)40-38-36-34-32-30-28-26-23-20-18-16-14-12-10-8-6-4-2/h11-14,17-20,26,28,32,34,44-45,48-52,55-57H,3-10,15-16,21-25,27,29-31,33,35-43H2,1-2H3/b13-11+,14-12+,19-17+,20-18+,28-26+,34-32+/t44-,45-,48+,49?,50?,51-/m0/s1. The molecule has 0 aromatic rings. The molecule has 350 valence electrons. The van der Waals surface area contributed by atoms with Gasteiger partial charge >= 0.3 is 11.9 Å². The fraction of sp³-hybridized carbons (Fsp3) is 0.725. The average molecular weight is 859 g/mol. The minimum Gasteiger partial charge on any atom is -0.462 e. The van der Waals surface area contributed by atoms with E-state index in [1.165, 1.54) is 77.0 Å². The second-order valence-electron chi connectivity index (χ2n) is 16.2. The Labute approximate surface area is 370 Å². The van der Waals surface area contributed by atoms with Crippen LogP contribution in [0, 0.1) is 0 Å². The number of aliphatic hydroxyl groups is 4. The van der Waals surface area contributed by atoms with E-state index in [4.69, 9.17) is 18.9 Å². The molecule has 10 heteroatoms. The maximum absolute atomic E-state index is 12.8. The normalized spacial score (nSPS) is 20.4. The van der Waals surface area contributed by atoms with Crippen molar-refractivity contribution in [2.24, 2.45) is 0 Å². The number of carbonyl (C=O) groups is 2. The van der Waals surface area contributed by atoms with Gasteiger partial charge < -0.3 is 39.4 Å². The summed E-state index contributed by atoms with van der Waals surface area (Å²) in [6.45, 7) is 3.31. The monoisotopic (exact) mass is 859 g/mol. The Bertz CT molecular complexity index is 1220. The van der Waals surface area contributed by atoms with E-state index >= 15 is 0 Å². The molecule has 4 N–H and O–H groups in total. The molecule has 0 bridgehead atoms. The Morgan fingerprint density at radius 1 is 0.508 bits per heavy atom. The fourth-order valence-electron chi connectivity index (χ4n) is 6.74. The highest BCUT2D eigenvalue weighted by Crippen LogP contribution is 2.22. The summed E-state index contributed by atoms with van der Waals surface area (Å²) in [6, 6.07) is 0. The van der Waals surface area contributed by atoms with Crippen LogP contribution in [0.2, 0.25) is 0 Å². The molecule has 1 aliphatic heterocycles. The number of unbranched alkanes of at least 4 members (excludes halogenated alkanes) is 16. The first-order chi connectivity index (χ1) is 29.8. The van der Waals surface area contributed by atoms with Crippen LogP contribution in [0.4, 0.5) is 0 Å². The predicted molar refractivity (Wildman–Crippen MR) is 247 cm³/mol. The highest BCUT2D eigenvalue weighted by atomic mass is 16.7. The quantitative estimate of drug-likeness (QED) is 0.0267. The Morgan fingerprint density at radius 3 is 1.43 bits per heavy atom. The molecule has 1 heterocycles. The summed E-state index contributed by atoms with van der Waals surface area (Å²) in [4.78, 5) is 25.4. The third-order valence-electron chi connectivity index (χ3n) is 10.6. The fourth-order valence-corrected chi connectivity index (χ4v) is 6.74. The highest BCUT2D eigenvalue weighted by molar-refractivity contribution is 5.70. The molecule has 10 nitrogen and oxygen atoms in total. The van der Waals surface area contributed by atoms with Gasteiger partial charge in [0.15, 0.2) is 12.4 Å². The van der Waals surface area contributed by atoms with Gasteiger partial charge in [-0.15, -0.1) is 0 Å². The van der Waals surface area contributed by atoms with Crippen LogP contribution in [-0.4, -0.2) is 89.0 Å². The molecule has 1 saturated heterocycles. The van der Waals surface area contributed by atoms with E-state index in [1.807, 2.05) is 6.08 Å². The Hall–Kier alpha value is -2.86. The molecule has 1 aliphatic rings. The number of esters is 2. The first-order valence-electron chi connectivity index (χ1n) is 24.0. The van der Waals surface area contributed by atoms with E-state index in [-0.39, 0.29) is 26.1 Å². The van der Waals surface area contributed by atoms with Gasteiger partial charge in [0.2, 0.25) is 0 Å². The molecule has 0 aliphatic carbocycles. The summed E-state index contributed by atoms with van der Waals surface area (Å²) in [6.07, 6.45) is 44.8. The SMILES string of the molecule is CCCCC/C=C/C/C=C/C/C=C/C/C=C/CCCC(=O)O[C@@H](COC(=O)CCCCCCCCCCC/C=C/C/C=C/CCCCC)CO[C@H]1O[C@@H](CO)[C@@H](O)C(O)C1O. The minimum atomic E-state index is -1.61. The minimum absolute atomic E-state index is 0.150. The Balaban J connectivity index is 2.34. The van der Waals surface area contributed by atoms with Crippen molar-refractivity contribution in [1.29, 1.82) is 0 Å². The van der Waals surface area contributed by atoms with Crippen LogP contribution < -0.4 is 0 Å². The zero-order valence-electron chi connectivity index (χ0n) is 38.1. The first-order valence-corrected chi connectivity index (χ1v) is 24.0. The van der Waals surface area contributed by atoms with Gasteiger partial charge in [-0.2, -0.15) is 0 Å². The molecule has 2 unspecified atom stereocenters. The van der Waals surface area contributed by atoms with E-state index in [0.717, 1.165) is 57.8 Å². The molecular weight excluding hydrogens is 773 g/mol. The van der Waals surface area contributed by atoms with Crippen LogP contribution in [0.5, 0.6) is 0 Å². The van der Waals surface area contributed by atoms with Crippen molar-refractivity contribution < 1.29 is 49.0 Å². The number of hydrogen-bond donors (Lipinski definition) is 4. The molecule has 0 saturated carbocycles. The van der Waals surface area contributed by atoms with Gasteiger partial charge in [0.25, 0.3) is 0 Å². The van der Waals surface area contributed by atoms with E-state index in [2.05, 4.69) is 80.7 Å². The third-order valence-corrected chi connectivity index (χ3v) is 10.6. The first kappa shape index (κ1) is 56.2. The van der Waals surface area contributed by atoms with Crippen molar-refractivity contribution in [3.8, 4) is 0 Å². The Morgan fingerprint density at radius 2 is 0.934 bits per heavy atom. The zero-order valence-corrected chi connectivity index (χ0v) is 38.1. The van der Waals surface area contributed by atoms with Gasteiger partial charge in [0.1, 0.15) is 31.0 Å². The molecule has 61 heavy (non-hydrogen) atoms. The smallest absolute Gasteiger partial charge is 0.306 e. The molecule has 1 fully saturated rings. The third kappa shape index (κ3) is 32.5. The van der Waals surface area contributed by atoms with Gasteiger partial charge in [-0.3, -0.25) is 9.59 Å². The molecule has 0 spiro atoms. The summed E-state index contributed by atoms with van der Waals surface area (Å²) in [5, 5.41) is 40.1. The van der Waals surface area contributed by atoms with Crippen LogP contribution in [0.3, 0.4) is 0 Å². The highest BCUT2D eigenvalue weighted by Gasteiger charge is 2.44. The molecule has 1 rings (SSSR count). The largest absolute Gasteiger partial charge is 0.462 e. The van der Waals surface area contributed by atoms with Crippen LogP contribution in [-0.2, 0) is 28.5 Å². The number of allylic oxidation sites excluding steroid dienone is 12. The van der Waals surface area contributed by atoms with Gasteiger partial charge in [-0.1, -0.05) is 157 Å². The lowest BCUT2D eigenvalue weighted by Crippen LogP contribution is -2.59. The van der Waals surface area contributed by atoms with Gasteiger partial charge in [-0.25, -0.2) is 0 Å². The van der Waals surface area contributed by atoms with Crippen LogP contribution >= 0.6 is 0 Å². The summed E-state index contributed by atoms with van der Waals surface area (Å²) >= 11 is 0. The van der Waals surface area contributed by atoms with E-state index in [0.29, 0.717) is 19.3 Å². The van der Waals surface area contributed by atoms with Crippen molar-refractivity contribution in [3.63, 3.8) is 0 Å². The molecule has 0 aromatic carbocycles. The number of hydrogen-bond acceptors (Lipinski definition) is 10. The maximum atomic E-state index is 12.8. The van der Waals surface area contributed by atoms with Gasteiger partial charge in [-0.05, 0) is 83.5 Å². The molecule has 6 atom stereocenters. The molecular formula is C51H86O10. The summed E-state index contributed by atoms with van der Waals surface area (Å²) < 4.78 is 22.1. The van der Waals surface area contributed by atoms with Crippen molar-refractivity contribution in [3.05, 3.63) is 72.9 Å². The number of carbonyl (C=O) groups excluding carboxylic acids is 2. The second kappa shape index (κ2) is 41.2. The zero-order chi connectivity index (χ0) is 44.4. The summed E-state index contributed by atoms with van der Waals surface area (Å²) in [5.74, 6) is -0.880. The lowest BCUT2D eigenvalue weighted by atomic mass is 9.99. The van der Waals surface area contributed by atoms with Crippen molar-refractivity contribution >= 4 is 11.9 Å². The van der Waals surface area contributed by atoms with Crippen LogP contribution in [0.15, 0.2) is 72.9 Å². The average Bonchev–Trinajstić information content (AvgIpc) is 3.26. The summed E-state index contributed by atoms with van der Waals surface area (Å²) in [5.41, 5.74) is 0. The molecule has 0 radical (unpaired) electrons.